The fraction of sp³-hybridized carbons (Fsp3) is 0. The fourth-order valence-corrected chi connectivity index (χ4v) is 0.928. The van der Waals surface area contributed by atoms with E-state index >= 15 is 0 Å². The molecule has 2 aromatic heterocycles. The van der Waals surface area contributed by atoms with Gasteiger partial charge >= 0.3 is 5.97 Å². The molecule has 2 heterocycles. The van der Waals surface area contributed by atoms with Crippen LogP contribution in [0.4, 0.5) is 0 Å². The highest BCUT2D eigenvalue weighted by Crippen LogP contribution is 2.14. The molecule has 0 saturated carbocycles. The highest BCUT2D eigenvalue weighted by atomic mass is 16.5. The summed E-state index contributed by atoms with van der Waals surface area (Å²) in [6.45, 7) is 0. The summed E-state index contributed by atoms with van der Waals surface area (Å²) < 4.78 is 4.56. The van der Waals surface area contributed by atoms with Crippen molar-refractivity contribution < 1.29 is 14.4 Å². The lowest BCUT2D eigenvalue weighted by molar-refractivity contribution is 0.0652. The van der Waals surface area contributed by atoms with E-state index < -0.39 is 5.97 Å². The van der Waals surface area contributed by atoms with Gasteiger partial charge in [-0.1, -0.05) is 5.16 Å². The van der Waals surface area contributed by atoms with E-state index in [9.17, 15) is 4.79 Å². The smallest absolute Gasteiger partial charge is 0.374 e. The van der Waals surface area contributed by atoms with Crippen LogP contribution < -0.4 is 0 Å². The van der Waals surface area contributed by atoms with Crippen molar-refractivity contribution in [2.45, 2.75) is 0 Å². The van der Waals surface area contributed by atoms with E-state index in [1.165, 1.54) is 24.7 Å². The largest absolute Gasteiger partial charge is 0.475 e. The molecule has 0 aliphatic heterocycles. The lowest BCUT2D eigenvalue weighted by atomic mass is 10.3. The van der Waals surface area contributed by atoms with Gasteiger partial charge in [-0.2, -0.15) is 0 Å². The Kier molecular flexibility index (Phi) is 1.94. The van der Waals surface area contributed by atoms with Gasteiger partial charge in [0.15, 0.2) is 0 Å². The molecule has 0 fully saturated rings. The minimum atomic E-state index is -1.16. The van der Waals surface area contributed by atoms with Crippen molar-refractivity contribution >= 4 is 5.97 Å². The number of aromatic carboxylic acids is 1. The van der Waals surface area contributed by atoms with Gasteiger partial charge in [-0.05, 0) is 0 Å². The average molecular weight is 191 g/mol. The molecule has 0 spiro atoms. The zero-order valence-corrected chi connectivity index (χ0v) is 6.91. The van der Waals surface area contributed by atoms with E-state index in [2.05, 4.69) is 19.6 Å². The van der Waals surface area contributed by atoms with Gasteiger partial charge in [0, 0.05) is 18.5 Å². The molecule has 6 nitrogen and oxygen atoms in total. The van der Waals surface area contributed by atoms with Crippen LogP contribution >= 0.6 is 0 Å². The molecule has 6 heteroatoms. The topological polar surface area (TPSA) is 89.1 Å². The molecular weight excluding hydrogens is 186 g/mol. The summed E-state index contributed by atoms with van der Waals surface area (Å²) in [7, 11) is 0. The second kappa shape index (κ2) is 3.25. The molecule has 2 aromatic rings. The van der Waals surface area contributed by atoms with Crippen LogP contribution in [0.2, 0.25) is 0 Å². The predicted molar refractivity (Wildman–Crippen MR) is 44.5 cm³/mol. The van der Waals surface area contributed by atoms with Crippen molar-refractivity contribution in [3.8, 4) is 11.4 Å². The van der Waals surface area contributed by atoms with Gasteiger partial charge in [-0.25, -0.2) is 4.79 Å². The molecular formula is C8H5N3O3. The number of rotatable bonds is 2. The van der Waals surface area contributed by atoms with E-state index in [-0.39, 0.29) is 5.76 Å². The lowest BCUT2D eigenvalue weighted by Crippen LogP contribution is -1.91. The summed E-state index contributed by atoms with van der Waals surface area (Å²) >= 11 is 0. The Morgan fingerprint density at radius 3 is 2.79 bits per heavy atom. The maximum absolute atomic E-state index is 10.5. The van der Waals surface area contributed by atoms with Gasteiger partial charge in [-0.15, -0.1) is 0 Å². The third-order valence-electron chi connectivity index (χ3n) is 1.55. The highest BCUT2D eigenvalue weighted by Gasteiger charge is 2.12. The molecule has 1 N–H and O–H groups in total. The zero-order chi connectivity index (χ0) is 9.97. The second-order valence-electron chi connectivity index (χ2n) is 2.47. The number of hydrogen-bond donors (Lipinski definition) is 1. The molecule has 0 aliphatic carbocycles. The number of nitrogens with zero attached hydrogens (tertiary/aromatic N) is 3. The zero-order valence-electron chi connectivity index (χ0n) is 6.91. The number of carboxylic acid groups (broad SMARTS) is 1. The molecule has 0 atom stereocenters. The van der Waals surface area contributed by atoms with Crippen LogP contribution in [0, 0.1) is 0 Å². The quantitative estimate of drug-likeness (QED) is 0.756. The molecule has 0 radical (unpaired) electrons. The molecule has 0 aromatic carbocycles. The van der Waals surface area contributed by atoms with Gasteiger partial charge in [0.1, 0.15) is 11.4 Å². The number of carboxylic acids is 1. The minimum Gasteiger partial charge on any atom is -0.475 e. The summed E-state index contributed by atoms with van der Waals surface area (Å²) in [5.41, 5.74) is 0.833. The molecule has 0 amide bonds. The van der Waals surface area contributed by atoms with Crippen molar-refractivity contribution in [1.29, 1.82) is 0 Å². The van der Waals surface area contributed by atoms with Crippen LogP contribution in [0.5, 0.6) is 0 Å². The highest BCUT2D eigenvalue weighted by molar-refractivity contribution is 5.85. The van der Waals surface area contributed by atoms with E-state index in [0.29, 0.717) is 11.4 Å². The van der Waals surface area contributed by atoms with Crippen molar-refractivity contribution in [3.05, 3.63) is 30.4 Å². The summed E-state index contributed by atoms with van der Waals surface area (Å²) in [4.78, 5) is 18.2. The van der Waals surface area contributed by atoms with E-state index in [4.69, 9.17) is 5.11 Å². The van der Waals surface area contributed by atoms with Gasteiger partial charge < -0.3 is 9.63 Å². The first-order valence-electron chi connectivity index (χ1n) is 3.74. The van der Waals surface area contributed by atoms with Crippen molar-refractivity contribution in [2.75, 3.05) is 0 Å². The van der Waals surface area contributed by atoms with Gasteiger partial charge in [0.05, 0.1) is 6.20 Å². The van der Waals surface area contributed by atoms with Crippen LogP contribution in [0.1, 0.15) is 10.6 Å². The Morgan fingerprint density at radius 1 is 1.36 bits per heavy atom. The van der Waals surface area contributed by atoms with Crippen LogP contribution in [0.3, 0.4) is 0 Å². The minimum absolute atomic E-state index is 0.217. The maximum atomic E-state index is 10.5. The Morgan fingerprint density at radius 2 is 2.21 bits per heavy atom. The number of carbonyl (C=O) groups is 1. The normalized spacial score (nSPS) is 10.0. The first kappa shape index (κ1) is 8.36. The monoisotopic (exact) mass is 191 g/mol. The van der Waals surface area contributed by atoms with E-state index in [0.717, 1.165) is 0 Å². The number of aromatic nitrogens is 3. The summed E-state index contributed by atoms with van der Waals surface area (Å²) in [6.07, 6.45) is 4.48. The Hall–Kier alpha value is -2.24. The Balaban J connectivity index is 2.39. The molecule has 70 valence electrons. The lowest BCUT2D eigenvalue weighted by Gasteiger charge is -1.89. The molecule has 14 heavy (non-hydrogen) atoms. The van der Waals surface area contributed by atoms with Crippen LogP contribution in [-0.4, -0.2) is 26.2 Å². The predicted octanol–water partition coefficient (Wildman–Crippen LogP) is 0.830. The van der Waals surface area contributed by atoms with Gasteiger partial charge in [0.2, 0.25) is 5.76 Å². The molecule has 0 saturated heterocycles. The van der Waals surface area contributed by atoms with Crippen molar-refractivity contribution in [2.24, 2.45) is 0 Å². The Labute approximate surface area is 78.2 Å². The summed E-state index contributed by atoms with van der Waals surface area (Å²) in [5.74, 6) is -1.38. The SMILES string of the molecule is O=C(O)c1cc(-c2cnccn2)no1. The van der Waals surface area contributed by atoms with Gasteiger partial charge in [0.25, 0.3) is 0 Å². The van der Waals surface area contributed by atoms with Gasteiger partial charge in [-0.3, -0.25) is 9.97 Å². The third kappa shape index (κ3) is 1.45. The van der Waals surface area contributed by atoms with Crippen LogP contribution in [-0.2, 0) is 0 Å². The molecule has 0 bridgehead atoms. The number of hydrogen-bond acceptors (Lipinski definition) is 5. The molecule has 0 unspecified atom stereocenters. The van der Waals surface area contributed by atoms with Crippen molar-refractivity contribution in [3.63, 3.8) is 0 Å². The van der Waals surface area contributed by atoms with E-state index in [1.807, 2.05) is 0 Å². The molecule has 0 aliphatic rings. The summed E-state index contributed by atoms with van der Waals surface area (Å²) in [6, 6.07) is 1.30. The first-order chi connectivity index (χ1) is 6.77. The maximum Gasteiger partial charge on any atom is 0.374 e. The summed E-state index contributed by atoms with van der Waals surface area (Å²) in [5, 5.41) is 12.1. The third-order valence-corrected chi connectivity index (χ3v) is 1.55. The van der Waals surface area contributed by atoms with E-state index in [1.54, 1.807) is 0 Å². The fourth-order valence-electron chi connectivity index (χ4n) is 0.928. The standard InChI is InChI=1S/C8H5N3O3/c12-8(13)7-3-5(11-14-7)6-4-9-1-2-10-6/h1-4H,(H,12,13). The second-order valence-corrected chi connectivity index (χ2v) is 2.47. The van der Waals surface area contributed by atoms with Crippen LogP contribution in [0.25, 0.3) is 11.4 Å². The molecule has 2 rings (SSSR count). The first-order valence-corrected chi connectivity index (χ1v) is 3.74. The Bertz CT molecular complexity index is 452. The van der Waals surface area contributed by atoms with Crippen molar-refractivity contribution in [1.82, 2.24) is 15.1 Å². The van der Waals surface area contributed by atoms with Crippen LogP contribution in [0.15, 0.2) is 29.2 Å². The average Bonchev–Trinajstić information content (AvgIpc) is 2.68.